The Morgan fingerprint density at radius 1 is 1.06 bits per heavy atom. The van der Waals surface area contributed by atoms with Crippen molar-refractivity contribution in [2.24, 2.45) is 0 Å². The zero-order chi connectivity index (χ0) is 26.0. The van der Waals surface area contributed by atoms with Crippen molar-refractivity contribution in [3.05, 3.63) is 11.6 Å². The molecular weight excluding hydrogens is 540 g/mol. The van der Waals surface area contributed by atoms with Crippen molar-refractivity contribution in [1.29, 1.82) is 0 Å². The van der Waals surface area contributed by atoms with E-state index in [0.717, 1.165) is 12.8 Å². The number of rotatable bonds is 7. The summed E-state index contributed by atoms with van der Waals surface area (Å²) in [6.07, 6.45) is -1.78. The molecule has 7 atom stereocenters. The van der Waals surface area contributed by atoms with Crippen LogP contribution in [0, 0.1) is 0 Å². The maximum Gasteiger partial charge on any atom is 0.335 e. The topological polar surface area (TPSA) is 212 Å². The van der Waals surface area contributed by atoms with Crippen LogP contribution >= 0.6 is 26.6 Å². The van der Waals surface area contributed by atoms with E-state index in [1.807, 2.05) is 0 Å². The first kappa shape index (κ1) is 26.4. The number of halogens is 1. The first-order valence-corrected chi connectivity index (χ1v) is 15.8. The molecule has 0 amide bonds. The van der Waals surface area contributed by atoms with Gasteiger partial charge in [-0.25, -0.2) is 4.98 Å². The third kappa shape index (κ3) is 5.09. The summed E-state index contributed by atoms with van der Waals surface area (Å²) >= 11 is 6.25. The highest BCUT2D eigenvalue weighted by atomic mass is 35.5. The second kappa shape index (κ2) is 9.53. The average molecular weight is 568 g/mol. The minimum atomic E-state index is -4.71. The minimum Gasteiger partial charge on any atom is -0.393 e. The van der Waals surface area contributed by atoms with Gasteiger partial charge in [0.2, 0.25) is 12.7 Å². The second-order valence-corrected chi connectivity index (χ2v) is 14.7. The average Bonchev–Trinajstić information content (AvgIpc) is 3.38. The van der Waals surface area contributed by atoms with E-state index >= 15 is 0 Å². The molecule has 2 aromatic rings. The van der Waals surface area contributed by atoms with Gasteiger partial charge < -0.3 is 39.6 Å². The Morgan fingerprint density at radius 2 is 1.72 bits per heavy atom. The molecule has 0 spiro atoms. The van der Waals surface area contributed by atoms with Gasteiger partial charge in [-0.2, -0.15) is 9.97 Å². The number of hydrogen-bond acceptors (Lipinski definition) is 10. The molecule has 6 N–H and O–H groups in total. The number of anilines is 1. The molecule has 0 aromatic carbocycles. The molecule has 0 radical (unpaired) electrons. The molecule has 0 aliphatic carbocycles. The monoisotopic (exact) mass is 567 g/mol. The summed E-state index contributed by atoms with van der Waals surface area (Å²) in [5, 5.41) is 31.3. The molecule has 3 fully saturated rings. The highest BCUT2D eigenvalue weighted by Crippen LogP contribution is 2.55. The van der Waals surface area contributed by atoms with E-state index in [-0.39, 0.29) is 35.5 Å². The van der Waals surface area contributed by atoms with Gasteiger partial charge in [0.1, 0.15) is 18.1 Å². The van der Waals surface area contributed by atoms with Crippen LogP contribution in [0.25, 0.3) is 11.2 Å². The first-order chi connectivity index (χ1) is 16.8. The molecule has 0 saturated carbocycles. The third-order valence-corrected chi connectivity index (χ3v) is 11.5. The number of aliphatic hydroxyl groups excluding tert-OH is 3. The predicted molar refractivity (Wildman–Crippen MR) is 127 cm³/mol. The van der Waals surface area contributed by atoms with Crippen molar-refractivity contribution < 1.29 is 43.9 Å². The van der Waals surface area contributed by atoms with Crippen LogP contribution in [-0.4, -0.2) is 98.1 Å². The van der Waals surface area contributed by atoms with Crippen molar-refractivity contribution in [2.75, 3.05) is 17.0 Å². The number of aromatic nitrogens is 4. The van der Waals surface area contributed by atoms with E-state index in [0.29, 0.717) is 24.2 Å². The van der Waals surface area contributed by atoms with Crippen LogP contribution in [-0.2, 0) is 13.9 Å². The fourth-order valence-corrected chi connectivity index (χ4v) is 9.31. The summed E-state index contributed by atoms with van der Waals surface area (Å²) in [6, 6.07) is 0.167. The molecule has 3 saturated heterocycles. The van der Waals surface area contributed by atoms with Gasteiger partial charge in [0.05, 0.1) is 18.5 Å². The Balaban J connectivity index is 1.39. The van der Waals surface area contributed by atoms with Gasteiger partial charge >= 0.3 is 7.60 Å². The van der Waals surface area contributed by atoms with Crippen LogP contribution in [0.5, 0.6) is 0 Å². The molecule has 4 unspecified atom stereocenters. The maximum absolute atomic E-state index is 12.2. The zero-order valence-electron chi connectivity index (χ0n) is 19.0. The lowest BCUT2D eigenvalue weighted by atomic mass is 10.00. The Kier molecular flexibility index (Phi) is 7.00. The lowest BCUT2D eigenvalue weighted by Crippen LogP contribution is -2.45. The van der Waals surface area contributed by atoms with E-state index in [9.17, 15) is 29.3 Å². The number of fused-ring (bicyclic) bond motifs is 3. The minimum absolute atomic E-state index is 0.0481. The molecular formula is C19H28ClN5O9P2. The van der Waals surface area contributed by atoms with Crippen LogP contribution < -0.4 is 4.90 Å². The zero-order valence-corrected chi connectivity index (χ0v) is 21.5. The summed E-state index contributed by atoms with van der Waals surface area (Å²) in [6.45, 7) is 0. The van der Waals surface area contributed by atoms with Gasteiger partial charge in [-0.05, 0) is 43.7 Å². The van der Waals surface area contributed by atoms with Gasteiger partial charge in [-0.3, -0.25) is 13.7 Å². The summed E-state index contributed by atoms with van der Waals surface area (Å²) in [7, 11) is -8.89. The Bertz CT molecular complexity index is 1230. The quantitative estimate of drug-likeness (QED) is 0.198. The normalized spacial score (nSPS) is 34.4. The van der Waals surface area contributed by atoms with Crippen LogP contribution in [0.1, 0.15) is 38.3 Å². The molecule has 36 heavy (non-hydrogen) atoms. The first-order valence-electron chi connectivity index (χ1n) is 11.6. The van der Waals surface area contributed by atoms with Crippen molar-refractivity contribution in [3.8, 4) is 0 Å². The summed E-state index contributed by atoms with van der Waals surface area (Å²) in [4.78, 5) is 43.1. The second-order valence-electron chi connectivity index (χ2n) is 9.77. The molecule has 5 rings (SSSR count). The fraction of sp³-hybridized carbons (Fsp3) is 0.737. The molecule has 2 aromatic heterocycles. The van der Waals surface area contributed by atoms with Crippen molar-refractivity contribution in [1.82, 2.24) is 19.5 Å². The summed E-state index contributed by atoms with van der Waals surface area (Å²) < 4.78 is 30.5. The van der Waals surface area contributed by atoms with Gasteiger partial charge in [0.25, 0.3) is 0 Å². The summed E-state index contributed by atoms with van der Waals surface area (Å²) in [5.41, 5.74) is 0.685. The molecule has 3 aliphatic rings. The maximum atomic E-state index is 12.2. The Labute approximate surface area is 210 Å². The number of ether oxygens (including phenoxy) is 1. The number of piperidine rings is 1. The standard InChI is InChI=1S/C19H28ClN5O9P2/c20-19-22-16-13(17(23-19)25-9-1-2-10(25)6-11(26)5-9)21-7-24(16)18-15(28)14(27)12(34-18)3-4-35(29,30)8-36(31,32)33/h7,9-12,14-15,18,26-28H,1-6,8H2,(H,29,30)(H2,31,32,33)/t9?,10?,11?,12-,14+,15?,18-/m1/s1. The Morgan fingerprint density at radius 3 is 2.36 bits per heavy atom. The van der Waals surface area contributed by atoms with Crippen molar-refractivity contribution in [2.45, 2.75) is 74.8 Å². The summed E-state index contributed by atoms with van der Waals surface area (Å²) in [5.74, 6) is -0.652. The fourth-order valence-electron chi connectivity index (χ4n) is 5.62. The number of hydrogen-bond donors (Lipinski definition) is 6. The van der Waals surface area contributed by atoms with Gasteiger partial charge in [0.15, 0.2) is 23.2 Å². The van der Waals surface area contributed by atoms with Crippen molar-refractivity contribution in [3.63, 3.8) is 0 Å². The molecule has 3 aliphatic heterocycles. The molecule has 17 heteroatoms. The largest absolute Gasteiger partial charge is 0.393 e. The number of imidazole rings is 1. The van der Waals surface area contributed by atoms with E-state index < -0.39 is 51.6 Å². The highest BCUT2D eigenvalue weighted by Gasteiger charge is 2.46. The molecule has 200 valence electrons. The van der Waals surface area contributed by atoms with Crippen LogP contribution in [0.2, 0.25) is 5.28 Å². The van der Waals surface area contributed by atoms with E-state index in [1.54, 1.807) is 0 Å². The van der Waals surface area contributed by atoms with Crippen LogP contribution in [0.15, 0.2) is 6.33 Å². The van der Waals surface area contributed by atoms with Gasteiger partial charge in [-0.15, -0.1) is 0 Å². The highest BCUT2D eigenvalue weighted by molar-refractivity contribution is 7.72. The van der Waals surface area contributed by atoms with E-state index in [2.05, 4.69) is 19.9 Å². The molecule has 5 heterocycles. The lowest BCUT2D eigenvalue weighted by Gasteiger charge is -2.38. The lowest BCUT2D eigenvalue weighted by molar-refractivity contribution is -0.0354. The number of aliphatic hydroxyl groups is 3. The van der Waals surface area contributed by atoms with Crippen molar-refractivity contribution >= 4 is 43.5 Å². The Hall–Kier alpha value is -1.18. The molecule has 2 bridgehead atoms. The SMILES string of the molecule is O=P(O)(O)CP(=O)(O)CC[C@H]1O[C@@H](n2cnc3c(N4C5CCC4CC(O)C5)nc(Cl)nc32)C(O)[C@H]1O. The third-order valence-electron chi connectivity index (χ3n) is 7.11. The van der Waals surface area contributed by atoms with Gasteiger partial charge in [0, 0.05) is 18.2 Å². The van der Waals surface area contributed by atoms with Gasteiger partial charge in [-0.1, -0.05) is 0 Å². The van der Waals surface area contributed by atoms with E-state index in [4.69, 9.17) is 26.1 Å². The predicted octanol–water partition coefficient (Wildman–Crippen LogP) is 0.387. The molecule has 14 nitrogen and oxygen atoms in total. The number of nitrogens with zero attached hydrogens (tertiary/aromatic N) is 5. The smallest absolute Gasteiger partial charge is 0.335 e. The van der Waals surface area contributed by atoms with Crippen LogP contribution in [0.4, 0.5) is 5.82 Å². The van der Waals surface area contributed by atoms with E-state index in [1.165, 1.54) is 10.9 Å². The van der Waals surface area contributed by atoms with Crippen LogP contribution in [0.3, 0.4) is 0 Å².